The Kier molecular flexibility index (Phi) is 8.96. The standard InChI is InChI=1S/C28H29F3N4O3/c1-33-19-24(26(32-33)27(30)31)28(37)35-15-13-34(14-16-35)12-3-17-38-23-9-7-21(8-10-23)25(36)11-6-20-4-2-5-22(29)18-20/h2,4-11,18-19,27H,3,12-17H2,1H3/b11-6+. The predicted molar refractivity (Wildman–Crippen MR) is 137 cm³/mol. The third kappa shape index (κ3) is 7.10. The number of carbonyl (C=O) groups excluding carboxylic acids is 2. The first-order chi connectivity index (χ1) is 18.3. The number of aryl methyl sites for hydroxylation is 1. The molecular formula is C28H29F3N4O3. The molecule has 1 saturated heterocycles. The monoisotopic (exact) mass is 526 g/mol. The van der Waals surface area contributed by atoms with Crippen molar-refractivity contribution in [2.75, 3.05) is 39.3 Å². The van der Waals surface area contributed by atoms with Crippen molar-refractivity contribution in [1.29, 1.82) is 0 Å². The molecule has 1 aromatic heterocycles. The number of carbonyl (C=O) groups is 2. The maximum absolute atomic E-state index is 13.3. The molecule has 1 amide bonds. The normalized spacial score (nSPS) is 14.4. The largest absolute Gasteiger partial charge is 0.494 e. The lowest BCUT2D eigenvalue weighted by Crippen LogP contribution is -2.49. The summed E-state index contributed by atoms with van der Waals surface area (Å²) in [5.41, 5.74) is 0.597. The van der Waals surface area contributed by atoms with E-state index in [2.05, 4.69) is 10.00 Å². The summed E-state index contributed by atoms with van der Waals surface area (Å²) in [4.78, 5) is 28.9. The van der Waals surface area contributed by atoms with Crippen LogP contribution in [-0.4, -0.2) is 70.6 Å². The number of piperazine rings is 1. The van der Waals surface area contributed by atoms with E-state index in [9.17, 15) is 22.8 Å². The number of allylic oxidation sites excluding steroid dienone is 1. The van der Waals surface area contributed by atoms with Crippen LogP contribution in [0, 0.1) is 5.82 Å². The average molecular weight is 527 g/mol. The highest BCUT2D eigenvalue weighted by Gasteiger charge is 2.28. The van der Waals surface area contributed by atoms with Gasteiger partial charge in [0.1, 0.15) is 17.3 Å². The van der Waals surface area contributed by atoms with Gasteiger partial charge in [-0.05, 0) is 54.5 Å². The Balaban J connectivity index is 1.17. The van der Waals surface area contributed by atoms with Crippen LogP contribution >= 0.6 is 0 Å². The topological polar surface area (TPSA) is 67.7 Å². The molecule has 1 aliphatic rings. The van der Waals surface area contributed by atoms with Gasteiger partial charge in [0.15, 0.2) is 5.78 Å². The molecular weight excluding hydrogens is 497 g/mol. The Hall–Kier alpha value is -3.92. The Labute approximate surface area is 219 Å². The molecule has 4 rings (SSSR count). The number of benzene rings is 2. The van der Waals surface area contributed by atoms with Crippen LogP contribution in [0.4, 0.5) is 13.2 Å². The Bertz CT molecular complexity index is 1280. The number of ketones is 1. The molecule has 0 N–H and O–H groups in total. The smallest absolute Gasteiger partial charge is 0.282 e. The zero-order valence-corrected chi connectivity index (χ0v) is 21.0. The van der Waals surface area contributed by atoms with Gasteiger partial charge in [0.2, 0.25) is 0 Å². The van der Waals surface area contributed by atoms with E-state index in [0.29, 0.717) is 49.7 Å². The van der Waals surface area contributed by atoms with Crippen molar-refractivity contribution in [1.82, 2.24) is 19.6 Å². The molecule has 0 unspecified atom stereocenters. The number of aromatic nitrogens is 2. The Morgan fingerprint density at radius 1 is 1.08 bits per heavy atom. The van der Waals surface area contributed by atoms with Crippen LogP contribution in [0.15, 0.2) is 60.8 Å². The zero-order valence-electron chi connectivity index (χ0n) is 21.0. The van der Waals surface area contributed by atoms with Gasteiger partial charge in [0.05, 0.1) is 12.2 Å². The van der Waals surface area contributed by atoms with Crippen molar-refractivity contribution >= 4 is 17.8 Å². The van der Waals surface area contributed by atoms with Gasteiger partial charge >= 0.3 is 0 Å². The van der Waals surface area contributed by atoms with Crippen LogP contribution in [0.25, 0.3) is 6.08 Å². The highest BCUT2D eigenvalue weighted by atomic mass is 19.3. The molecule has 2 aromatic carbocycles. The van der Waals surface area contributed by atoms with E-state index in [0.717, 1.165) is 13.0 Å². The van der Waals surface area contributed by atoms with Crippen LogP contribution in [0.2, 0.25) is 0 Å². The van der Waals surface area contributed by atoms with E-state index < -0.39 is 18.0 Å². The first kappa shape index (κ1) is 27.1. The maximum Gasteiger partial charge on any atom is 0.282 e. The van der Waals surface area contributed by atoms with Gasteiger partial charge in [-0.15, -0.1) is 0 Å². The second-order valence-corrected chi connectivity index (χ2v) is 9.02. The van der Waals surface area contributed by atoms with E-state index in [-0.39, 0.29) is 17.2 Å². The van der Waals surface area contributed by atoms with Crippen molar-refractivity contribution in [3.8, 4) is 5.75 Å². The van der Waals surface area contributed by atoms with Crippen LogP contribution in [0.1, 0.15) is 44.8 Å². The highest BCUT2D eigenvalue weighted by molar-refractivity contribution is 6.06. The molecule has 7 nitrogen and oxygen atoms in total. The van der Waals surface area contributed by atoms with Crippen molar-refractivity contribution < 1.29 is 27.5 Å². The number of amides is 1. The molecule has 1 fully saturated rings. The molecule has 0 bridgehead atoms. The summed E-state index contributed by atoms with van der Waals surface area (Å²) in [5.74, 6) is -0.308. The fourth-order valence-electron chi connectivity index (χ4n) is 4.25. The maximum atomic E-state index is 13.3. The van der Waals surface area contributed by atoms with Crippen LogP contribution in [0.5, 0.6) is 5.75 Å². The third-order valence-corrected chi connectivity index (χ3v) is 6.26. The molecule has 10 heteroatoms. The van der Waals surface area contributed by atoms with Crippen molar-refractivity contribution in [3.05, 3.63) is 89.0 Å². The van der Waals surface area contributed by atoms with Gasteiger partial charge in [0, 0.05) is 51.5 Å². The van der Waals surface area contributed by atoms with Crippen LogP contribution in [-0.2, 0) is 7.05 Å². The molecule has 38 heavy (non-hydrogen) atoms. The van der Waals surface area contributed by atoms with Gasteiger partial charge in [0.25, 0.3) is 12.3 Å². The van der Waals surface area contributed by atoms with Crippen molar-refractivity contribution in [2.45, 2.75) is 12.8 Å². The zero-order chi connectivity index (χ0) is 27.1. The summed E-state index contributed by atoms with van der Waals surface area (Å²) in [7, 11) is 1.52. The van der Waals surface area contributed by atoms with E-state index in [4.69, 9.17) is 4.74 Å². The van der Waals surface area contributed by atoms with E-state index >= 15 is 0 Å². The lowest BCUT2D eigenvalue weighted by molar-refractivity contribution is 0.0620. The lowest BCUT2D eigenvalue weighted by atomic mass is 10.1. The van der Waals surface area contributed by atoms with Crippen LogP contribution in [0.3, 0.4) is 0 Å². The van der Waals surface area contributed by atoms with Gasteiger partial charge in [-0.2, -0.15) is 5.10 Å². The summed E-state index contributed by atoms with van der Waals surface area (Å²) >= 11 is 0. The summed E-state index contributed by atoms with van der Waals surface area (Å²) in [5, 5.41) is 3.72. The molecule has 2 heterocycles. The quantitative estimate of drug-likeness (QED) is 0.219. The Morgan fingerprint density at radius 2 is 1.82 bits per heavy atom. The lowest BCUT2D eigenvalue weighted by Gasteiger charge is -2.34. The van der Waals surface area contributed by atoms with Crippen molar-refractivity contribution in [2.24, 2.45) is 7.05 Å². The molecule has 0 aliphatic carbocycles. The Morgan fingerprint density at radius 3 is 2.50 bits per heavy atom. The average Bonchev–Trinajstić information content (AvgIpc) is 3.32. The molecule has 200 valence electrons. The molecule has 1 aliphatic heterocycles. The molecule has 0 radical (unpaired) electrons. The number of hydrogen-bond acceptors (Lipinski definition) is 5. The number of hydrogen-bond donors (Lipinski definition) is 0. The van der Waals surface area contributed by atoms with Gasteiger partial charge in [-0.25, -0.2) is 13.2 Å². The second-order valence-electron chi connectivity index (χ2n) is 9.02. The summed E-state index contributed by atoms with van der Waals surface area (Å²) in [6.45, 7) is 3.48. The highest BCUT2D eigenvalue weighted by Crippen LogP contribution is 2.23. The first-order valence-electron chi connectivity index (χ1n) is 12.3. The number of nitrogens with zero attached hydrogens (tertiary/aromatic N) is 4. The number of halogens is 3. The van der Waals surface area contributed by atoms with Crippen LogP contribution < -0.4 is 4.74 Å². The minimum Gasteiger partial charge on any atom is -0.494 e. The fraction of sp³-hybridized carbons (Fsp3) is 0.321. The van der Waals surface area contributed by atoms with E-state index in [1.54, 1.807) is 47.4 Å². The minimum atomic E-state index is -2.79. The second kappa shape index (κ2) is 12.6. The summed E-state index contributed by atoms with van der Waals surface area (Å²) in [6.07, 6.45) is 2.30. The van der Waals surface area contributed by atoms with E-state index in [1.165, 1.54) is 36.1 Å². The number of rotatable bonds is 10. The number of ether oxygens (including phenoxy) is 1. The SMILES string of the molecule is Cn1cc(C(=O)N2CCN(CCCOc3ccc(C(=O)/C=C/c4cccc(F)c4)cc3)CC2)c(C(F)F)n1. The molecule has 0 atom stereocenters. The third-order valence-electron chi connectivity index (χ3n) is 6.26. The predicted octanol–water partition coefficient (Wildman–Crippen LogP) is 4.62. The minimum absolute atomic E-state index is 0.0420. The molecule has 0 saturated carbocycles. The molecule has 0 spiro atoms. The van der Waals surface area contributed by atoms with Gasteiger partial charge in [-0.3, -0.25) is 19.2 Å². The van der Waals surface area contributed by atoms with Crippen molar-refractivity contribution in [3.63, 3.8) is 0 Å². The summed E-state index contributed by atoms with van der Waals surface area (Å²) in [6, 6.07) is 12.9. The molecule has 3 aromatic rings. The van der Waals surface area contributed by atoms with Gasteiger partial charge < -0.3 is 9.64 Å². The first-order valence-corrected chi connectivity index (χ1v) is 12.3. The fourth-order valence-corrected chi connectivity index (χ4v) is 4.25. The number of alkyl halides is 2. The van der Waals surface area contributed by atoms with Gasteiger partial charge in [-0.1, -0.05) is 18.2 Å². The summed E-state index contributed by atoms with van der Waals surface area (Å²) < 4.78 is 46.7. The van der Waals surface area contributed by atoms with E-state index in [1.807, 2.05) is 0 Å².